The Morgan fingerprint density at radius 2 is 1.57 bits per heavy atom. The van der Waals surface area contributed by atoms with E-state index in [4.69, 9.17) is 5.84 Å². The van der Waals surface area contributed by atoms with Gasteiger partial charge in [-0.3, -0.25) is 0 Å². The Kier molecular flexibility index (Phi) is 9.89. The van der Waals surface area contributed by atoms with Crippen LogP contribution in [0.25, 0.3) is 0 Å². The van der Waals surface area contributed by atoms with Gasteiger partial charge in [0, 0.05) is 14.1 Å². The first-order valence-electron chi connectivity index (χ1n) is 1.79. The molecule has 0 aromatic rings. The van der Waals surface area contributed by atoms with Crippen molar-refractivity contribution in [2.24, 2.45) is 5.84 Å². The summed E-state index contributed by atoms with van der Waals surface area (Å²) < 4.78 is 0. The summed E-state index contributed by atoms with van der Waals surface area (Å²) in [6, 6.07) is 0. The predicted molar refractivity (Wildman–Crippen MR) is 23.3 cm³/mol. The van der Waals surface area contributed by atoms with Crippen molar-refractivity contribution in [1.29, 1.82) is 0 Å². The zero-order chi connectivity index (χ0) is 4.99. The van der Waals surface area contributed by atoms with Crippen LogP contribution < -0.4 is 45.9 Å². The monoisotopic (exact) mass is 218 g/mol. The average molecular weight is 218 g/mol. The molecule has 0 spiro atoms. The van der Waals surface area contributed by atoms with Crippen LogP contribution in [0.2, 0.25) is 0 Å². The van der Waals surface area contributed by atoms with Crippen LogP contribution in [0.1, 0.15) is 0 Å². The van der Waals surface area contributed by atoms with Crippen LogP contribution >= 0.6 is 0 Å². The zero-order valence-corrected chi connectivity index (χ0v) is 6.61. The molecule has 0 saturated heterocycles. The van der Waals surface area contributed by atoms with E-state index < -0.39 is 0 Å². The summed E-state index contributed by atoms with van der Waals surface area (Å²) in [5, 5.41) is 0.593. The van der Waals surface area contributed by atoms with Gasteiger partial charge in [-0.05, 0) is 0 Å². The van der Waals surface area contributed by atoms with E-state index in [9.17, 15) is 0 Å². The van der Waals surface area contributed by atoms with Crippen LogP contribution in [0.4, 0.5) is 0 Å². The summed E-state index contributed by atoms with van der Waals surface area (Å²) in [5.74, 6) is 5.17. The lowest BCUT2D eigenvalue weighted by Crippen LogP contribution is -3.28. The molecule has 0 atom stereocenters. The summed E-state index contributed by atoms with van der Waals surface area (Å²) >= 11 is 0. The second kappa shape index (κ2) is 6.57. The molecule has 0 unspecified atom stereocenters. The third kappa shape index (κ3) is 6.57. The molecule has 0 fully saturated rings. The normalized spacial score (nSPS) is 8.57. The molecule has 0 aliphatic heterocycles. The predicted octanol–water partition coefficient (Wildman–Crippen LogP) is -5.98. The van der Waals surface area contributed by atoms with Gasteiger partial charge in [-0.2, -0.15) is 0 Å². The highest BCUT2D eigenvalue weighted by atomic mass is 127. The van der Waals surface area contributed by atoms with Gasteiger partial charge >= 0.3 is 0 Å². The maximum Gasteiger partial charge on any atom is 0.0373 e. The molecule has 5 heteroatoms. The van der Waals surface area contributed by atoms with Crippen molar-refractivity contribution in [2.75, 3.05) is 14.1 Å². The average Bonchev–Trinajstić information content (AvgIpc) is 1.65. The van der Waals surface area contributed by atoms with Gasteiger partial charge in [0.1, 0.15) is 0 Å². The highest BCUT2D eigenvalue weighted by molar-refractivity contribution is 3.79. The van der Waals surface area contributed by atoms with Crippen LogP contribution in [0.3, 0.4) is 0 Å². The largest absolute Gasteiger partial charge is 1.00 e. The highest BCUT2D eigenvalue weighted by Crippen LogP contribution is 0.973. The molecule has 0 saturated carbocycles. The van der Waals surface area contributed by atoms with Crippen LogP contribution in [-0.4, -0.2) is 14.1 Å². The quantitative estimate of drug-likeness (QED) is 0.212. The van der Waals surface area contributed by atoms with Gasteiger partial charge in [-0.1, -0.05) is 0 Å². The highest BCUT2D eigenvalue weighted by Gasteiger charge is 1.83. The minimum atomic E-state index is 0. The van der Waals surface area contributed by atoms with Gasteiger partial charge in [0.05, 0.1) is 0 Å². The SMILES string of the molecule is CN[NH+](N)NC.[I-]. The molecule has 5 N–H and O–H groups in total. The molecule has 0 bridgehead atoms. The van der Waals surface area contributed by atoms with Crippen LogP contribution in [0.15, 0.2) is 0 Å². The minimum absolute atomic E-state index is 0. The first-order chi connectivity index (χ1) is 2.81. The number of halogens is 1. The molecule has 0 aromatic carbocycles. The Labute approximate surface area is 60.4 Å². The standard InChI is InChI=1S/C2H10N4.HI/c1-4-6(3)5-2;/h4-5H,3H2,1-2H3;1H. The van der Waals surface area contributed by atoms with Gasteiger partial charge in [0.15, 0.2) is 0 Å². The van der Waals surface area contributed by atoms with Gasteiger partial charge < -0.3 is 24.0 Å². The minimum Gasteiger partial charge on any atom is -1.00 e. The zero-order valence-electron chi connectivity index (χ0n) is 4.46. The second-order valence-electron chi connectivity index (χ2n) is 0.914. The van der Waals surface area contributed by atoms with E-state index in [1.807, 2.05) is 0 Å². The molecule has 0 radical (unpaired) electrons. The van der Waals surface area contributed by atoms with Crippen LogP contribution in [-0.2, 0) is 0 Å². The number of nitrogens with one attached hydrogen (secondary N) is 3. The molecule has 0 rings (SSSR count). The first kappa shape index (κ1) is 10.5. The fourth-order valence-electron chi connectivity index (χ4n) is 0.125. The number of quaternary nitrogens is 1. The molecule has 7 heavy (non-hydrogen) atoms. The van der Waals surface area contributed by atoms with Crippen molar-refractivity contribution in [3.63, 3.8) is 0 Å². The second-order valence-corrected chi connectivity index (χ2v) is 0.914. The van der Waals surface area contributed by atoms with E-state index in [0.717, 1.165) is 0 Å². The smallest absolute Gasteiger partial charge is 0.0373 e. The summed E-state index contributed by atoms with van der Waals surface area (Å²) in [4.78, 5) is 0. The number of hydrogen-bond donors (Lipinski definition) is 4. The van der Waals surface area contributed by atoms with E-state index in [-0.39, 0.29) is 24.0 Å². The maximum absolute atomic E-state index is 5.17. The molecular formula is C2H11IN4. The molecule has 0 heterocycles. The molecule has 0 aromatic heterocycles. The van der Waals surface area contributed by atoms with Gasteiger partial charge in [-0.25, -0.2) is 0 Å². The van der Waals surface area contributed by atoms with Crippen molar-refractivity contribution < 1.29 is 29.2 Å². The Morgan fingerprint density at radius 1 is 1.29 bits per heavy atom. The third-order valence-corrected chi connectivity index (χ3v) is 0.539. The van der Waals surface area contributed by atoms with E-state index in [0.29, 0.717) is 5.23 Å². The lowest BCUT2D eigenvalue weighted by molar-refractivity contribution is -0.995. The topological polar surface area (TPSA) is 54.5 Å². The van der Waals surface area contributed by atoms with Gasteiger partial charge in [-0.15, -0.1) is 21.9 Å². The molecule has 0 aliphatic carbocycles. The van der Waals surface area contributed by atoms with E-state index in [1.165, 1.54) is 0 Å². The summed E-state index contributed by atoms with van der Waals surface area (Å²) in [7, 11) is 3.51. The first-order valence-corrected chi connectivity index (χ1v) is 1.79. The fourth-order valence-corrected chi connectivity index (χ4v) is 0.125. The van der Waals surface area contributed by atoms with Crippen molar-refractivity contribution in [3.05, 3.63) is 0 Å². The van der Waals surface area contributed by atoms with Crippen molar-refractivity contribution in [2.45, 2.75) is 0 Å². The Hall–Kier alpha value is 0.570. The maximum atomic E-state index is 5.17. The third-order valence-electron chi connectivity index (χ3n) is 0.539. The van der Waals surface area contributed by atoms with E-state index in [2.05, 4.69) is 10.9 Å². The lowest BCUT2D eigenvalue weighted by Gasteiger charge is -2.04. The van der Waals surface area contributed by atoms with Gasteiger partial charge in [0.2, 0.25) is 0 Å². The lowest BCUT2D eigenvalue weighted by atomic mass is 11.4. The molecule has 0 amide bonds. The summed E-state index contributed by atoms with van der Waals surface area (Å²) in [6.45, 7) is 0. The summed E-state index contributed by atoms with van der Waals surface area (Å²) in [5.41, 5.74) is 5.40. The molecular weight excluding hydrogens is 207 g/mol. The van der Waals surface area contributed by atoms with E-state index >= 15 is 0 Å². The Morgan fingerprint density at radius 3 is 1.57 bits per heavy atom. The number of rotatable bonds is 2. The Bertz CT molecular complexity index is 28.9. The Balaban J connectivity index is 0. The van der Waals surface area contributed by atoms with E-state index in [1.54, 1.807) is 14.1 Å². The number of nitrogens with two attached hydrogens (primary N) is 1. The van der Waals surface area contributed by atoms with Crippen molar-refractivity contribution in [1.82, 2.24) is 10.9 Å². The molecule has 46 valence electrons. The fraction of sp³-hybridized carbons (Fsp3) is 1.00. The van der Waals surface area contributed by atoms with Gasteiger partial charge in [0.25, 0.3) is 0 Å². The molecule has 0 aliphatic rings. The van der Waals surface area contributed by atoms with Crippen LogP contribution in [0, 0.1) is 0 Å². The molecule has 4 nitrogen and oxygen atoms in total. The van der Waals surface area contributed by atoms with Crippen molar-refractivity contribution >= 4 is 0 Å². The number of hydrogen-bond acceptors (Lipinski definition) is 3. The van der Waals surface area contributed by atoms with Crippen molar-refractivity contribution in [3.8, 4) is 0 Å². The summed E-state index contributed by atoms with van der Waals surface area (Å²) in [6.07, 6.45) is 0. The van der Waals surface area contributed by atoms with Crippen LogP contribution in [0.5, 0.6) is 0 Å².